The molecule has 0 atom stereocenters. The Morgan fingerprint density at radius 1 is 1.57 bits per heavy atom. The lowest BCUT2D eigenvalue weighted by atomic mass is 10.3. The van der Waals surface area contributed by atoms with Crippen molar-refractivity contribution in [3.05, 3.63) is 24.0 Å². The zero-order chi connectivity index (χ0) is 10.6. The molecule has 1 aromatic heterocycles. The quantitative estimate of drug-likeness (QED) is 0.698. The van der Waals surface area contributed by atoms with Gasteiger partial charge in [0.1, 0.15) is 18.1 Å². The van der Waals surface area contributed by atoms with E-state index in [2.05, 4.69) is 9.72 Å². The van der Waals surface area contributed by atoms with Gasteiger partial charge in [-0.15, -0.1) is 0 Å². The Labute approximate surface area is 79.7 Å². The minimum Gasteiger partial charge on any atom is -0.486 e. The van der Waals surface area contributed by atoms with Gasteiger partial charge in [-0.2, -0.15) is 0 Å². The van der Waals surface area contributed by atoms with E-state index in [4.69, 9.17) is 0 Å². The topological polar surface area (TPSA) is 39.2 Å². The average Bonchev–Trinajstić information content (AvgIpc) is 2.15. The predicted octanol–water partition coefficient (Wildman–Crippen LogP) is 1.93. The average molecular weight is 201 g/mol. The standard InChI is InChI=1S/C9H9F2NO2/c1-6(13)8-3-2-7(4-12-8)14-5-9(10)11/h2-4,9H,5H2,1H3. The van der Waals surface area contributed by atoms with Crippen LogP contribution in [0.1, 0.15) is 17.4 Å². The molecule has 0 fully saturated rings. The van der Waals surface area contributed by atoms with E-state index in [9.17, 15) is 13.6 Å². The minimum atomic E-state index is -2.51. The van der Waals surface area contributed by atoms with E-state index in [1.165, 1.54) is 25.3 Å². The van der Waals surface area contributed by atoms with Gasteiger partial charge in [-0.05, 0) is 12.1 Å². The second-order valence-corrected chi connectivity index (χ2v) is 2.64. The van der Waals surface area contributed by atoms with Crippen molar-refractivity contribution >= 4 is 5.78 Å². The molecule has 0 aliphatic carbocycles. The number of ether oxygens (including phenoxy) is 1. The summed E-state index contributed by atoms with van der Waals surface area (Å²) in [7, 11) is 0. The Hall–Kier alpha value is -1.52. The maximum Gasteiger partial charge on any atom is 0.272 e. The summed E-state index contributed by atoms with van der Waals surface area (Å²) in [5.41, 5.74) is 0.286. The van der Waals surface area contributed by atoms with Gasteiger partial charge in [0, 0.05) is 6.92 Å². The number of halogens is 2. The highest BCUT2D eigenvalue weighted by atomic mass is 19.3. The van der Waals surface area contributed by atoms with Crippen LogP contribution in [0.2, 0.25) is 0 Å². The molecule has 0 radical (unpaired) electrons. The number of hydrogen-bond acceptors (Lipinski definition) is 3. The number of rotatable bonds is 4. The van der Waals surface area contributed by atoms with Crippen molar-refractivity contribution in [2.45, 2.75) is 13.3 Å². The molecule has 1 aromatic rings. The van der Waals surface area contributed by atoms with Crippen LogP contribution in [-0.2, 0) is 0 Å². The van der Waals surface area contributed by atoms with Gasteiger partial charge in [0.2, 0.25) is 0 Å². The van der Waals surface area contributed by atoms with Gasteiger partial charge in [0.25, 0.3) is 6.43 Å². The maximum absolute atomic E-state index is 11.7. The number of alkyl halides is 2. The van der Waals surface area contributed by atoms with Crippen molar-refractivity contribution in [1.82, 2.24) is 4.98 Å². The Balaban J connectivity index is 2.60. The molecule has 0 saturated carbocycles. The van der Waals surface area contributed by atoms with Crippen LogP contribution in [0.15, 0.2) is 18.3 Å². The molecule has 0 unspecified atom stereocenters. The smallest absolute Gasteiger partial charge is 0.272 e. The first-order chi connectivity index (χ1) is 6.59. The highest BCUT2D eigenvalue weighted by molar-refractivity contribution is 5.92. The summed E-state index contributed by atoms with van der Waals surface area (Å²) in [5.74, 6) is 0.0562. The maximum atomic E-state index is 11.7. The van der Waals surface area contributed by atoms with Crippen LogP contribution < -0.4 is 4.74 Å². The number of ketones is 1. The number of nitrogens with zero attached hydrogens (tertiary/aromatic N) is 1. The van der Waals surface area contributed by atoms with Crippen LogP contribution in [0.3, 0.4) is 0 Å². The molecule has 0 bridgehead atoms. The monoisotopic (exact) mass is 201 g/mol. The number of aromatic nitrogens is 1. The number of pyridine rings is 1. The van der Waals surface area contributed by atoms with Crippen molar-refractivity contribution in [1.29, 1.82) is 0 Å². The van der Waals surface area contributed by atoms with Crippen molar-refractivity contribution < 1.29 is 18.3 Å². The van der Waals surface area contributed by atoms with Gasteiger partial charge in [0.15, 0.2) is 5.78 Å². The van der Waals surface area contributed by atoms with Gasteiger partial charge in [0.05, 0.1) is 6.20 Å². The first-order valence-corrected chi connectivity index (χ1v) is 3.97. The van der Waals surface area contributed by atoms with E-state index in [1.807, 2.05) is 0 Å². The van der Waals surface area contributed by atoms with Crippen LogP contribution >= 0.6 is 0 Å². The highest BCUT2D eigenvalue weighted by Crippen LogP contribution is 2.10. The first kappa shape index (κ1) is 10.6. The molecular weight excluding hydrogens is 192 g/mol. The fourth-order valence-electron chi connectivity index (χ4n) is 0.833. The van der Waals surface area contributed by atoms with Crippen molar-refractivity contribution in [3.63, 3.8) is 0 Å². The SMILES string of the molecule is CC(=O)c1ccc(OCC(F)F)cn1. The van der Waals surface area contributed by atoms with E-state index >= 15 is 0 Å². The number of carbonyl (C=O) groups is 1. The van der Waals surface area contributed by atoms with E-state index in [1.54, 1.807) is 0 Å². The third-order valence-corrected chi connectivity index (χ3v) is 1.47. The fourth-order valence-corrected chi connectivity index (χ4v) is 0.833. The van der Waals surface area contributed by atoms with Crippen molar-refractivity contribution in [3.8, 4) is 5.75 Å². The number of carbonyl (C=O) groups excluding carboxylic acids is 1. The van der Waals surface area contributed by atoms with E-state index < -0.39 is 13.0 Å². The Kier molecular flexibility index (Phi) is 3.50. The molecule has 76 valence electrons. The summed E-state index contributed by atoms with van der Waals surface area (Å²) in [5, 5.41) is 0. The van der Waals surface area contributed by atoms with E-state index in [0.717, 1.165) is 0 Å². The molecule has 0 amide bonds. The van der Waals surface area contributed by atoms with Crippen LogP contribution in [0, 0.1) is 0 Å². The zero-order valence-electron chi connectivity index (χ0n) is 7.54. The molecule has 5 heteroatoms. The molecule has 0 saturated heterocycles. The normalized spacial score (nSPS) is 10.3. The van der Waals surface area contributed by atoms with Crippen LogP contribution in [0.5, 0.6) is 5.75 Å². The molecule has 0 aliphatic heterocycles. The van der Waals surface area contributed by atoms with Crippen LogP contribution in [-0.4, -0.2) is 23.8 Å². The second kappa shape index (κ2) is 4.64. The molecule has 3 nitrogen and oxygen atoms in total. The molecular formula is C9H9F2NO2. The summed E-state index contributed by atoms with van der Waals surface area (Å²) >= 11 is 0. The first-order valence-electron chi connectivity index (χ1n) is 3.97. The lowest BCUT2D eigenvalue weighted by Crippen LogP contribution is -2.07. The third-order valence-electron chi connectivity index (χ3n) is 1.47. The van der Waals surface area contributed by atoms with Gasteiger partial charge in [-0.1, -0.05) is 0 Å². The van der Waals surface area contributed by atoms with Crippen molar-refractivity contribution in [2.24, 2.45) is 0 Å². The van der Waals surface area contributed by atoms with Crippen molar-refractivity contribution in [2.75, 3.05) is 6.61 Å². The number of hydrogen-bond donors (Lipinski definition) is 0. The van der Waals surface area contributed by atoms with Gasteiger partial charge >= 0.3 is 0 Å². The molecule has 14 heavy (non-hydrogen) atoms. The highest BCUT2D eigenvalue weighted by Gasteiger charge is 2.04. The van der Waals surface area contributed by atoms with E-state index in [0.29, 0.717) is 0 Å². The summed E-state index contributed by atoms with van der Waals surface area (Å²) in [6.07, 6.45) is -1.26. The minimum absolute atomic E-state index is 0.176. The molecule has 1 rings (SSSR count). The Morgan fingerprint density at radius 2 is 2.29 bits per heavy atom. The third kappa shape index (κ3) is 3.08. The molecule has 1 heterocycles. The molecule has 0 aliphatic rings. The Morgan fingerprint density at radius 3 is 2.71 bits per heavy atom. The molecule has 0 spiro atoms. The Bertz CT molecular complexity index is 311. The van der Waals surface area contributed by atoms with Gasteiger partial charge in [-0.3, -0.25) is 4.79 Å². The molecule has 0 aromatic carbocycles. The molecule has 0 N–H and O–H groups in total. The summed E-state index contributed by atoms with van der Waals surface area (Å²) in [4.78, 5) is 14.5. The largest absolute Gasteiger partial charge is 0.486 e. The van der Waals surface area contributed by atoms with Crippen LogP contribution in [0.4, 0.5) is 8.78 Å². The van der Waals surface area contributed by atoms with Crippen LogP contribution in [0.25, 0.3) is 0 Å². The fraction of sp³-hybridized carbons (Fsp3) is 0.333. The predicted molar refractivity (Wildman–Crippen MR) is 45.7 cm³/mol. The van der Waals surface area contributed by atoms with E-state index in [-0.39, 0.29) is 17.2 Å². The summed E-state index contributed by atoms with van der Waals surface area (Å²) < 4.78 is 28.1. The lowest BCUT2D eigenvalue weighted by molar-refractivity contribution is 0.0816. The summed E-state index contributed by atoms with van der Waals surface area (Å²) in [6.45, 7) is 0.711. The second-order valence-electron chi connectivity index (χ2n) is 2.64. The summed E-state index contributed by atoms with van der Waals surface area (Å²) in [6, 6.07) is 2.87. The van der Waals surface area contributed by atoms with Gasteiger partial charge < -0.3 is 4.74 Å². The lowest BCUT2D eigenvalue weighted by Gasteiger charge is -2.04. The zero-order valence-corrected chi connectivity index (χ0v) is 7.54. The van der Waals surface area contributed by atoms with Gasteiger partial charge in [-0.25, -0.2) is 13.8 Å². The number of Topliss-reactive ketones (excluding diaryl/α,β-unsaturated/α-hetero) is 1.